The van der Waals surface area contributed by atoms with E-state index in [4.69, 9.17) is 9.15 Å². The summed E-state index contributed by atoms with van der Waals surface area (Å²) in [5, 5.41) is 6.14. The third-order valence-electron chi connectivity index (χ3n) is 4.52. The molecule has 3 aromatic heterocycles. The van der Waals surface area contributed by atoms with Crippen LogP contribution in [0, 0.1) is 5.82 Å². The third-order valence-corrected chi connectivity index (χ3v) is 5.39. The molecule has 0 fully saturated rings. The van der Waals surface area contributed by atoms with Crippen molar-refractivity contribution in [2.45, 2.75) is 6.61 Å². The van der Waals surface area contributed by atoms with Gasteiger partial charge in [0, 0.05) is 5.56 Å². The highest BCUT2D eigenvalue weighted by Crippen LogP contribution is 2.26. The third kappa shape index (κ3) is 4.06. The minimum Gasteiger partial charge on any atom is -0.450 e. The number of carbonyl (C=O) groups is 1. The Bertz CT molecular complexity index is 1360. The molecule has 0 aliphatic carbocycles. The first-order chi connectivity index (χ1) is 15.7. The van der Waals surface area contributed by atoms with Crippen LogP contribution in [0.15, 0.2) is 82.7 Å². The molecule has 0 amide bonds. The second kappa shape index (κ2) is 8.56. The van der Waals surface area contributed by atoms with Gasteiger partial charge in [0.05, 0.1) is 16.8 Å². The van der Waals surface area contributed by atoms with Crippen LogP contribution in [0.25, 0.3) is 27.7 Å². The number of rotatable bonds is 6. The van der Waals surface area contributed by atoms with Gasteiger partial charge < -0.3 is 9.15 Å². The van der Waals surface area contributed by atoms with E-state index in [0.29, 0.717) is 17.3 Å². The van der Waals surface area contributed by atoms with E-state index in [1.807, 2.05) is 47.8 Å². The molecular formula is C23H15FN4O3S. The van der Waals surface area contributed by atoms with Crippen LogP contribution in [-0.2, 0) is 11.3 Å². The molecule has 0 aliphatic heterocycles. The average molecular weight is 446 g/mol. The average Bonchev–Trinajstić information content (AvgIpc) is 3.58. The monoisotopic (exact) mass is 446 g/mol. The fraction of sp³-hybridized carbons (Fsp3) is 0.0435. The lowest BCUT2D eigenvalue weighted by molar-refractivity contribution is 0.0424. The number of hydrogen-bond acceptors (Lipinski definition) is 7. The van der Waals surface area contributed by atoms with E-state index < -0.39 is 11.8 Å². The molecule has 0 N–H and O–H groups in total. The minimum absolute atomic E-state index is 0.146. The van der Waals surface area contributed by atoms with Gasteiger partial charge in [-0.05, 0) is 29.6 Å². The standard InChI is InChI=1S/C23H15FN4O3S/c24-16-8-4-9-17(12-16)28-22(19-10-5-11-32-19)26-21(27-28)23(29)30-14-20-25-13-18(31-20)15-6-2-1-3-7-15/h1-13H,14H2. The molecule has 0 radical (unpaired) electrons. The molecule has 0 spiro atoms. The molecule has 2 aromatic carbocycles. The summed E-state index contributed by atoms with van der Waals surface area (Å²) in [5.74, 6) is -0.0623. The number of esters is 1. The van der Waals surface area contributed by atoms with Gasteiger partial charge in [-0.3, -0.25) is 0 Å². The summed E-state index contributed by atoms with van der Waals surface area (Å²) in [4.78, 5) is 21.9. The first-order valence-electron chi connectivity index (χ1n) is 9.61. The Morgan fingerprint density at radius 3 is 2.75 bits per heavy atom. The number of halogens is 1. The summed E-state index contributed by atoms with van der Waals surface area (Å²) < 4.78 is 26.1. The van der Waals surface area contributed by atoms with Gasteiger partial charge in [-0.15, -0.1) is 16.4 Å². The molecule has 32 heavy (non-hydrogen) atoms. The summed E-state index contributed by atoms with van der Waals surface area (Å²) in [6.07, 6.45) is 1.57. The lowest BCUT2D eigenvalue weighted by atomic mass is 10.2. The Kier molecular flexibility index (Phi) is 5.30. The molecule has 0 atom stereocenters. The summed E-state index contributed by atoms with van der Waals surface area (Å²) in [6, 6.07) is 19.1. The maximum Gasteiger partial charge on any atom is 0.378 e. The predicted octanol–water partition coefficient (Wildman–Crippen LogP) is 5.15. The van der Waals surface area contributed by atoms with Gasteiger partial charge in [-0.25, -0.2) is 18.9 Å². The maximum absolute atomic E-state index is 13.8. The van der Waals surface area contributed by atoms with Crippen LogP contribution >= 0.6 is 11.3 Å². The summed E-state index contributed by atoms with van der Waals surface area (Å²) in [7, 11) is 0. The van der Waals surface area contributed by atoms with E-state index in [-0.39, 0.29) is 18.3 Å². The number of oxazole rings is 1. The second-order valence-electron chi connectivity index (χ2n) is 6.69. The molecule has 3 heterocycles. The highest BCUT2D eigenvalue weighted by atomic mass is 32.1. The van der Waals surface area contributed by atoms with Gasteiger partial charge in [0.15, 0.2) is 18.2 Å². The minimum atomic E-state index is -0.738. The Balaban J connectivity index is 1.37. The van der Waals surface area contributed by atoms with Gasteiger partial charge >= 0.3 is 5.97 Å². The van der Waals surface area contributed by atoms with Crippen LogP contribution in [0.4, 0.5) is 4.39 Å². The summed E-state index contributed by atoms with van der Waals surface area (Å²) in [6.45, 7) is -0.172. The molecular weight excluding hydrogens is 431 g/mol. The predicted molar refractivity (Wildman–Crippen MR) is 116 cm³/mol. The number of thiophene rings is 1. The molecule has 5 aromatic rings. The number of nitrogens with zero attached hydrogens (tertiary/aromatic N) is 4. The van der Waals surface area contributed by atoms with Crippen LogP contribution in [0.2, 0.25) is 0 Å². The molecule has 0 saturated carbocycles. The van der Waals surface area contributed by atoms with Crippen molar-refractivity contribution < 1.29 is 18.3 Å². The van der Waals surface area contributed by atoms with E-state index in [0.717, 1.165) is 10.4 Å². The molecule has 5 rings (SSSR count). The van der Waals surface area contributed by atoms with Crippen LogP contribution in [0.3, 0.4) is 0 Å². The Hall–Kier alpha value is -4.11. The van der Waals surface area contributed by atoms with Crippen LogP contribution in [0.1, 0.15) is 16.5 Å². The molecule has 158 valence electrons. The first kappa shape index (κ1) is 19.8. The Labute approximate surface area is 185 Å². The lowest BCUT2D eigenvalue weighted by Gasteiger charge is -2.04. The van der Waals surface area contributed by atoms with Crippen LogP contribution in [0.5, 0.6) is 0 Å². The van der Waals surface area contributed by atoms with Crippen molar-refractivity contribution in [3.05, 3.63) is 95.8 Å². The molecule has 0 bridgehead atoms. The highest BCUT2D eigenvalue weighted by Gasteiger charge is 2.21. The molecule has 0 unspecified atom stereocenters. The number of benzene rings is 2. The Morgan fingerprint density at radius 1 is 1.09 bits per heavy atom. The summed E-state index contributed by atoms with van der Waals surface area (Å²) >= 11 is 1.43. The van der Waals surface area contributed by atoms with Gasteiger partial charge in [0.1, 0.15) is 5.82 Å². The van der Waals surface area contributed by atoms with E-state index in [9.17, 15) is 9.18 Å². The van der Waals surface area contributed by atoms with E-state index >= 15 is 0 Å². The Morgan fingerprint density at radius 2 is 1.97 bits per heavy atom. The van der Waals surface area contributed by atoms with Gasteiger partial charge in [-0.2, -0.15) is 4.98 Å². The molecule has 9 heteroatoms. The van der Waals surface area contributed by atoms with Gasteiger partial charge in [0.2, 0.25) is 5.89 Å². The van der Waals surface area contributed by atoms with Gasteiger partial charge in [-0.1, -0.05) is 42.5 Å². The first-order valence-corrected chi connectivity index (χ1v) is 10.5. The van der Waals surface area contributed by atoms with Crippen molar-refractivity contribution in [2.75, 3.05) is 0 Å². The van der Waals surface area contributed by atoms with Crippen molar-refractivity contribution in [2.24, 2.45) is 0 Å². The van der Waals surface area contributed by atoms with Crippen molar-refractivity contribution in [3.8, 4) is 27.7 Å². The normalized spacial score (nSPS) is 10.9. The molecule has 0 aliphatic rings. The van der Waals surface area contributed by atoms with Crippen LogP contribution in [-0.4, -0.2) is 25.7 Å². The number of ether oxygens (including phenoxy) is 1. The van der Waals surface area contributed by atoms with E-state index in [2.05, 4.69) is 15.1 Å². The SMILES string of the molecule is O=C(OCc1ncc(-c2ccccc2)o1)c1nc(-c2cccs2)n(-c2cccc(F)c2)n1. The number of hydrogen-bond donors (Lipinski definition) is 0. The lowest BCUT2D eigenvalue weighted by Crippen LogP contribution is -2.08. The van der Waals surface area contributed by atoms with Crippen molar-refractivity contribution in [1.29, 1.82) is 0 Å². The van der Waals surface area contributed by atoms with Gasteiger partial charge in [0.25, 0.3) is 5.82 Å². The maximum atomic E-state index is 13.8. The topological polar surface area (TPSA) is 83.0 Å². The number of carbonyl (C=O) groups excluding carboxylic acids is 1. The van der Waals surface area contributed by atoms with Crippen molar-refractivity contribution in [3.63, 3.8) is 0 Å². The molecule has 7 nitrogen and oxygen atoms in total. The zero-order valence-corrected chi connectivity index (χ0v) is 17.3. The zero-order valence-electron chi connectivity index (χ0n) is 16.5. The molecule has 0 saturated heterocycles. The fourth-order valence-corrected chi connectivity index (χ4v) is 3.75. The van der Waals surface area contributed by atoms with E-state index in [1.165, 1.54) is 28.2 Å². The zero-order chi connectivity index (χ0) is 21.9. The highest BCUT2D eigenvalue weighted by molar-refractivity contribution is 7.13. The van der Waals surface area contributed by atoms with Crippen LogP contribution < -0.4 is 0 Å². The quantitative estimate of drug-likeness (QED) is 0.336. The number of aromatic nitrogens is 4. The van der Waals surface area contributed by atoms with Crippen molar-refractivity contribution >= 4 is 17.3 Å². The largest absolute Gasteiger partial charge is 0.450 e. The smallest absolute Gasteiger partial charge is 0.378 e. The second-order valence-corrected chi connectivity index (χ2v) is 7.64. The fourth-order valence-electron chi connectivity index (χ4n) is 3.06. The summed E-state index contributed by atoms with van der Waals surface area (Å²) in [5.41, 5.74) is 1.31. The van der Waals surface area contributed by atoms with E-state index in [1.54, 1.807) is 18.3 Å². The van der Waals surface area contributed by atoms with Crippen molar-refractivity contribution in [1.82, 2.24) is 19.7 Å².